The molecule has 1 heterocycles. The number of aliphatic hydroxyl groups excluding tert-OH is 1. The summed E-state index contributed by atoms with van der Waals surface area (Å²) in [4.78, 5) is 0. The zero-order valence-corrected chi connectivity index (χ0v) is 8.62. The Balaban J connectivity index is 2.65. The fourth-order valence-corrected chi connectivity index (χ4v) is 1.88. The Hall–Kier alpha value is -1.28. The van der Waals surface area contributed by atoms with Crippen LogP contribution in [0.15, 0.2) is 24.4 Å². The number of hydrogen-bond acceptors (Lipinski definition) is 1. The van der Waals surface area contributed by atoms with E-state index < -0.39 is 0 Å². The number of fused-ring (bicyclic) bond motifs is 1. The molecule has 0 spiro atoms. The SMILES string of the molecule is Cc1ccc2c(c1)c(C)cn2CCO. The van der Waals surface area contributed by atoms with E-state index in [9.17, 15) is 0 Å². The van der Waals surface area contributed by atoms with Gasteiger partial charge in [-0.05, 0) is 31.5 Å². The van der Waals surface area contributed by atoms with E-state index in [1.807, 2.05) is 0 Å². The number of aromatic nitrogens is 1. The minimum absolute atomic E-state index is 0.192. The van der Waals surface area contributed by atoms with Crippen molar-refractivity contribution in [2.24, 2.45) is 0 Å². The molecular formula is C12H15NO. The average molecular weight is 189 g/mol. The van der Waals surface area contributed by atoms with Gasteiger partial charge in [-0.15, -0.1) is 0 Å². The lowest BCUT2D eigenvalue weighted by molar-refractivity contribution is 0.278. The lowest BCUT2D eigenvalue weighted by atomic mass is 10.1. The summed E-state index contributed by atoms with van der Waals surface area (Å²) >= 11 is 0. The van der Waals surface area contributed by atoms with Crippen molar-refractivity contribution < 1.29 is 5.11 Å². The summed E-state index contributed by atoms with van der Waals surface area (Å²) < 4.78 is 2.10. The molecule has 74 valence electrons. The smallest absolute Gasteiger partial charge is 0.0610 e. The van der Waals surface area contributed by atoms with Gasteiger partial charge in [0.25, 0.3) is 0 Å². The van der Waals surface area contributed by atoms with E-state index in [-0.39, 0.29) is 6.61 Å². The molecule has 2 nitrogen and oxygen atoms in total. The first-order chi connectivity index (χ1) is 6.72. The number of rotatable bonds is 2. The summed E-state index contributed by atoms with van der Waals surface area (Å²) in [6.07, 6.45) is 2.10. The average Bonchev–Trinajstić information content (AvgIpc) is 2.44. The highest BCUT2D eigenvalue weighted by molar-refractivity contribution is 5.84. The Bertz CT molecular complexity index is 457. The van der Waals surface area contributed by atoms with Crippen LogP contribution < -0.4 is 0 Å². The van der Waals surface area contributed by atoms with Gasteiger partial charge in [-0.25, -0.2) is 0 Å². The Labute approximate surface area is 83.8 Å². The summed E-state index contributed by atoms with van der Waals surface area (Å²) in [5.41, 5.74) is 3.77. The molecule has 0 radical (unpaired) electrons. The van der Waals surface area contributed by atoms with E-state index in [0.29, 0.717) is 6.54 Å². The van der Waals surface area contributed by atoms with Gasteiger partial charge in [-0.1, -0.05) is 11.6 Å². The Morgan fingerprint density at radius 1 is 1.29 bits per heavy atom. The van der Waals surface area contributed by atoms with E-state index in [1.165, 1.54) is 22.0 Å². The number of nitrogens with zero attached hydrogens (tertiary/aromatic N) is 1. The molecule has 0 unspecified atom stereocenters. The van der Waals surface area contributed by atoms with E-state index in [4.69, 9.17) is 5.11 Å². The van der Waals surface area contributed by atoms with Crippen LogP contribution in [0.3, 0.4) is 0 Å². The van der Waals surface area contributed by atoms with E-state index in [1.54, 1.807) is 0 Å². The van der Waals surface area contributed by atoms with Crippen LogP contribution >= 0.6 is 0 Å². The van der Waals surface area contributed by atoms with Gasteiger partial charge >= 0.3 is 0 Å². The summed E-state index contributed by atoms with van der Waals surface area (Å²) in [6.45, 7) is 5.07. The molecule has 1 N–H and O–H groups in total. The molecule has 0 saturated carbocycles. The van der Waals surface area contributed by atoms with Crippen molar-refractivity contribution in [3.63, 3.8) is 0 Å². The van der Waals surface area contributed by atoms with Crippen LogP contribution in [0.4, 0.5) is 0 Å². The quantitative estimate of drug-likeness (QED) is 0.770. The van der Waals surface area contributed by atoms with Crippen molar-refractivity contribution in [1.29, 1.82) is 0 Å². The first kappa shape index (κ1) is 9.28. The molecule has 0 amide bonds. The van der Waals surface area contributed by atoms with Gasteiger partial charge in [0.05, 0.1) is 6.61 Å². The van der Waals surface area contributed by atoms with Crippen molar-refractivity contribution in [1.82, 2.24) is 4.57 Å². The molecule has 0 aliphatic carbocycles. The minimum atomic E-state index is 0.192. The van der Waals surface area contributed by atoms with Gasteiger partial charge in [0.1, 0.15) is 0 Å². The number of aryl methyl sites for hydroxylation is 2. The van der Waals surface area contributed by atoms with Gasteiger partial charge in [0.2, 0.25) is 0 Å². The first-order valence-corrected chi connectivity index (χ1v) is 4.89. The molecule has 0 aliphatic rings. The topological polar surface area (TPSA) is 25.2 Å². The van der Waals surface area contributed by atoms with Crippen LogP contribution in [0.25, 0.3) is 10.9 Å². The predicted octanol–water partition coefficient (Wildman–Crippen LogP) is 2.25. The normalized spacial score (nSPS) is 11.1. The molecule has 0 saturated heterocycles. The summed E-state index contributed by atoms with van der Waals surface area (Å²) in [5.74, 6) is 0. The number of aliphatic hydroxyl groups is 1. The predicted molar refractivity (Wildman–Crippen MR) is 58.5 cm³/mol. The van der Waals surface area contributed by atoms with Crippen LogP contribution in [0.5, 0.6) is 0 Å². The lowest BCUT2D eigenvalue weighted by Crippen LogP contribution is -1.99. The Morgan fingerprint density at radius 3 is 2.79 bits per heavy atom. The second kappa shape index (κ2) is 3.46. The molecule has 0 aliphatic heterocycles. The lowest BCUT2D eigenvalue weighted by Gasteiger charge is -2.01. The molecule has 2 aromatic rings. The number of hydrogen-bond donors (Lipinski definition) is 1. The highest BCUT2D eigenvalue weighted by atomic mass is 16.3. The van der Waals surface area contributed by atoms with Crippen molar-refractivity contribution in [2.75, 3.05) is 6.61 Å². The zero-order chi connectivity index (χ0) is 10.1. The van der Waals surface area contributed by atoms with Crippen LogP contribution in [-0.4, -0.2) is 16.3 Å². The van der Waals surface area contributed by atoms with Gasteiger partial charge in [0, 0.05) is 23.6 Å². The fourth-order valence-electron chi connectivity index (χ4n) is 1.88. The molecule has 0 bridgehead atoms. The second-order valence-electron chi connectivity index (χ2n) is 3.75. The van der Waals surface area contributed by atoms with Crippen molar-refractivity contribution in [3.05, 3.63) is 35.5 Å². The minimum Gasteiger partial charge on any atom is -0.395 e. The second-order valence-corrected chi connectivity index (χ2v) is 3.75. The fraction of sp³-hybridized carbons (Fsp3) is 0.333. The maximum absolute atomic E-state index is 8.92. The van der Waals surface area contributed by atoms with Crippen molar-refractivity contribution in [2.45, 2.75) is 20.4 Å². The highest BCUT2D eigenvalue weighted by Crippen LogP contribution is 2.21. The standard InChI is InChI=1S/C12H15NO/c1-9-3-4-12-11(7-9)10(2)8-13(12)5-6-14/h3-4,7-8,14H,5-6H2,1-2H3. The van der Waals surface area contributed by atoms with Gasteiger partial charge in [-0.2, -0.15) is 0 Å². The van der Waals surface area contributed by atoms with Crippen molar-refractivity contribution >= 4 is 10.9 Å². The van der Waals surface area contributed by atoms with E-state index in [2.05, 4.69) is 42.8 Å². The monoisotopic (exact) mass is 189 g/mol. The third kappa shape index (κ3) is 1.42. The summed E-state index contributed by atoms with van der Waals surface area (Å²) in [7, 11) is 0. The van der Waals surface area contributed by atoms with E-state index in [0.717, 1.165) is 0 Å². The third-order valence-electron chi connectivity index (χ3n) is 2.58. The van der Waals surface area contributed by atoms with Gasteiger partial charge in [0.15, 0.2) is 0 Å². The van der Waals surface area contributed by atoms with Gasteiger partial charge in [-0.3, -0.25) is 0 Å². The van der Waals surface area contributed by atoms with Crippen LogP contribution in [0, 0.1) is 13.8 Å². The van der Waals surface area contributed by atoms with Crippen molar-refractivity contribution in [3.8, 4) is 0 Å². The molecule has 14 heavy (non-hydrogen) atoms. The molecule has 0 fully saturated rings. The maximum Gasteiger partial charge on any atom is 0.0610 e. The molecule has 1 aromatic heterocycles. The van der Waals surface area contributed by atoms with Crippen LogP contribution in [-0.2, 0) is 6.54 Å². The highest BCUT2D eigenvalue weighted by Gasteiger charge is 2.04. The largest absolute Gasteiger partial charge is 0.395 e. The summed E-state index contributed by atoms with van der Waals surface area (Å²) in [5, 5.41) is 10.2. The maximum atomic E-state index is 8.92. The number of benzene rings is 1. The Kier molecular flexibility index (Phi) is 2.30. The molecule has 2 rings (SSSR count). The summed E-state index contributed by atoms with van der Waals surface area (Å²) in [6, 6.07) is 6.42. The zero-order valence-electron chi connectivity index (χ0n) is 8.62. The Morgan fingerprint density at radius 2 is 2.07 bits per heavy atom. The van der Waals surface area contributed by atoms with Crippen LogP contribution in [0.2, 0.25) is 0 Å². The molecule has 0 atom stereocenters. The van der Waals surface area contributed by atoms with E-state index >= 15 is 0 Å². The van der Waals surface area contributed by atoms with Crippen LogP contribution in [0.1, 0.15) is 11.1 Å². The molecule has 1 aromatic carbocycles. The molecular weight excluding hydrogens is 174 g/mol. The third-order valence-corrected chi connectivity index (χ3v) is 2.58. The first-order valence-electron chi connectivity index (χ1n) is 4.89. The molecule has 2 heteroatoms. The van der Waals surface area contributed by atoms with Gasteiger partial charge < -0.3 is 9.67 Å².